The molecular formula is C19H19FN2O3S. The Morgan fingerprint density at radius 2 is 1.81 bits per heavy atom. The molecular weight excluding hydrogens is 355 g/mol. The van der Waals surface area contributed by atoms with Crippen LogP contribution in [0.1, 0.15) is 18.4 Å². The maximum atomic E-state index is 13.1. The standard InChI is InChI=1S/C19H19FN2O3S/c20-16-6-3-5-15(13-16)9-10-19(23)21-17-7-4-8-18(14-17)26(24,25)22-11-1-2-12-22/h3-10,13-14H,1-2,11-12H2,(H,21,23). The van der Waals surface area contributed by atoms with E-state index < -0.39 is 15.9 Å². The lowest BCUT2D eigenvalue weighted by atomic mass is 10.2. The van der Waals surface area contributed by atoms with Gasteiger partial charge in [0, 0.05) is 24.9 Å². The summed E-state index contributed by atoms with van der Waals surface area (Å²) in [4.78, 5) is 12.2. The summed E-state index contributed by atoms with van der Waals surface area (Å²) >= 11 is 0. The van der Waals surface area contributed by atoms with Crippen LogP contribution in [-0.4, -0.2) is 31.7 Å². The highest BCUT2D eigenvalue weighted by Gasteiger charge is 2.27. The molecule has 1 aliphatic heterocycles. The topological polar surface area (TPSA) is 66.5 Å². The monoisotopic (exact) mass is 374 g/mol. The van der Waals surface area contributed by atoms with Crippen LogP contribution in [0.5, 0.6) is 0 Å². The molecule has 0 aliphatic carbocycles. The zero-order valence-electron chi connectivity index (χ0n) is 14.1. The van der Waals surface area contributed by atoms with E-state index in [-0.39, 0.29) is 10.7 Å². The van der Waals surface area contributed by atoms with E-state index in [9.17, 15) is 17.6 Å². The first-order chi connectivity index (χ1) is 12.4. The van der Waals surface area contributed by atoms with Crippen molar-refractivity contribution >= 4 is 27.7 Å². The van der Waals surface area contributed by atoms with Crippen LogP contribution in [0.2, 0.25) is 0 Å². The smallest absolute Gasteiger partial charge is 0.248 e. The predicted octanol–water partition coefficient (Wildman–Crippen LogP) is 3.26. The third-order valence-electron chi connectivity index (χ3n) is 4.08. The number of rotatable bonds is 5. The van der Waals surface area contributed by atoms with Crippen LogP contribution in [0.15, 0.2) is 59.5 Å². The van der Waals surface area contributed by atoms with Gasteiger partial charge in [-0.05, 0) is 54.8 Å². The molecule has 1 aliphatic rings. The van der Waals surface area contributed by atoms with Crippen LogP contribution in [0.4, 0.5) is 10.1 Å². The molecule has 0 radical (unpaired) electrons. The van der Waals surface area contributed by atoms with Gasteiger partial charge in [0.1, 0.15) is 5.82 Å². The zero-order valence-corrected chi connectivity index (χ0v) is 14.9. The van der Waals surface area contributed by atoms with E-state index in [1.54, 1.807) is 24.3 Å². The minimum atomic E-state index is -3.53. The zero-order chi connectivity index (χ0) is 18.6. The molecule has 0 aromatic heterocycles. The highest BCUT2D eigenvalue weighted by molar-refractivity contribution is 7.89. The lowest BCUT2D eigenvalue weighted by Gasteiger charge is -2.16. The van der Waals surface area contributed by atoms with Crippen LogP contribution < -0.4 is 5.32 Å². The van der Waals surface area contributed by atoms with E-state index in [1.165, 1.54) is 40.7 Å². The molecule has 5 nitrogen and oxygen atoms in total. The molecule has 0 atom stereocenters. The number of carbonyl (C=O) groups is 1. The summed E-state index contributed by atoms with van der Waals surface area (Å²) in [6, 6.07) is 12.0. The molecule has 7 heteroatoms. The van der Waals surface area contributed by atoms with Gasteiger partial charge in [-0.15, -0.1) is 0 Å². The SMILES string of the molecule is O=C(C=Cc1cccc(F)c1)Nc1cccc(S(=O)(=O)N2CCCC2)c1. The Hall–Kier alpha value is -2.51. The summed E-state index contributed by atoms with van der Waals surface area (Å²) in [6.45, 7) is 1.05. The van der Waals surface area contributed by atoms with Crippen molar-refractivity contribution in [2.24, 2.45) is 0 Å². The molecule has 1 heterocycles. The van der Waals surface area contributed by atoms with Crippen molar-refractivity contribution in [3.05, 3.63) is 66.0 Å². The van der Waals surface area contributed by atoms with Crippen LogP contribution >= 0.6 is 0 Å². The molecule has 0 bridgehead atoms. The van der Waals surface area contributed by atoms with Gasteiger partial charge < -0.3 is 5.32 Å². The van der Waals surface area contributed by atoms with E-state index in [2.05, 4.69) is 5.32 Å². The number of anilines is 1. The summed E-state index contributed by atoms with van der Waals surface area (Å²) in [7, 11) is -3.53. The number of sulfonamides is 1. The van der Waals surface area contributed by atoms with Gasteiger partial charge in [0.25, 0.3) is 0 Å². The number of amides is 1. The molecule has 26 heavy (non-hydrogen) atoms. The Balaban J connectivity index is 1.71. The summed E-state index contributed by atoms with van der Waals surface area (Å²) in [5, 5.41) is 2.63. The Morgan fingerprint density at radius 3 is 2.54 bits per heavy atom. The fraction of sp³-hybridized carbons (Fsp3) is 0.211. The average molecular weight is 374 g/mol. The number of benzene rings is 2. The van der Waals surface area contributed by atoms with Crippen molar-refractivity contribution in [2.45, 2.75) is 17.7 Å². The molecule has 136 valence electrons. The molecule has 1 amide bonds. The lowest BCUT2D eigenvalue weighted by Crippen LogP contribution is -2.27. The molecule has 0 unspecified atom stereocenters. The first-order valence-corrected chi connectivity index (χ1v) is 9.74. The van der Waals surface area contributed by atoms with Crippen LogP contribution in [-0.2, 0) is 14.8 Å². The van der Waals surface area contributed by atoms with Crippen molar-refractivity contribution in [3.63, 3.8) is 0 Å². The second-order valence-corrected chi connectivity index (χ2v) is 7.95. The van der Waals surface area contributed by atoms with Crippen molar-refractivity contribution in [3.8, 4) is 0 Å². The third-order valence-corrected chi connectivity index (χ3v) is 5.97. The first-order valence-electron chi connectivity index (χ1n) is 8.30. The molecule has 2 aromatic carbocycles. The summed E-state index contributed by atoms with van der Waals surface area (Å²) in [5.74, 6) is -0.808. The van der Waals surface area contributed by atoms with Crippen molar-refractivity contribution in [1.82, 2.24) is 4.31 Å². The van der Waals surface area contributed by atoms with Crippen LogP contribution in [0.3, 0.4) is 0 Å². The normalized spacial score (nSPS) is 15.4. The highest BCUT2D eigenvalue weighted by Crippen LogP contribution is 2.23. The summed E-state index contributed by atoms with van der Waals surface area (Å²) < 4.78 is 39.7. The van der Waals surface area contributed by atoms with Gasteiger partial charge in [-0.3, -0.25) is 4.79 Å². The number of nitrogens with zero attached hydrogens (tertiary/aromatic N) is 1. The van der Waals surface area contributed by atoms with E-state index in [0.717, 1.165) is 12.8 Å². The Labute approximate surface area is 152 Å². The van der Waals surface area contributed by atoms with Gasteiger partial charge in [0.2, 0.25) is 15.9 Å². The average Bonchev–Trinajstić information content (AvgIpc) is 3.16. The Kier molecular flexibility index (Phi) is 5.49. The lowest BCUT2D eigenvalue weighted by molar-refractivity contribution is -0.111. The first kappa shape index (κ1) is 18.3. The largest absolute Gasteiger partial charge is 0.322 e. The van der Waals surface area contributed by atoms with Crippen molar-refractivity contribution in [1.29, 1.82) is 0 Å². The Bertz CT molecular complexity index is 935. The number of halogens is 1. The molecule has 0 spiro atoms. The highest BCUT2D eigenvalue weighted by atomic mass is 32.2. The van der Waals surface area contributed by atoms with E-state index >= 15 is 0 Å². The maximum absolute atomic E-state index is 13.1. The minimum absolute atomic E-state index is 0.159. The van der Waals surface area contributed by atoms with Gasteiger partial charge >= 0.3 is 0 Å². The number of carbonyl (C=O) groups excluding carboxylic acids is 1. The van der Waals surface area contributed by atoms with Gasteiger partial charge in [0.15, 0.2) is 0 Å². The second kappa shape index (κ2) is 7.80. The molecule has 1 saturated heterocycles. The second-order valence-electron chi connectivity index (χ2n) is 6.02. The van der Waals surface area contributed by atoms with E-state index in [4.69, 9.17) is 0 Å². The van der Waals surface area contributed by atoms with Gasteiger partial charge in [0.05, 0.1) is 4.90 Å². The molecule has 1 N–H and O–H groups in total. The minimum Gasteiger partial charge on any atom is -0.322 e. The molecule has 1 fully saturated rings. The van der Waals surface area contributed by atoms with E-state index in [1.807, 2.05) is 0 Å². The van der Waals surface area contributed by atoms with Gasteiger partial charge in [-0.2, -0.15) is 4.31 Å². The number of hydrogen-bond acceptors (Lipinski definition) is 3. The Morgan fingerprint density at radius 1 is 1.08 bits per heavy atom. The van der Waals surface area contributed by atoms with Crippen LogP contribution in [0.25, 0.3) is 6.08 Å². The van der Waals surface area contributed by atoms with Gasteiger partial charge in [-0.25, -0.2) is 12.8 Å². The van der Waals surface area contributed by atoms with Crippen molar-refractivity contribution in [2.75, 3.05) is 18.4 Å². The van der Waals surface area contributed by atoms with E-state index in [0.29, 0.717) is 24.3 Å². The fourth-order valence-electron chi connectivity index (χ4n) is 2.78. The third kappa shape index (κ3) is 4.36. The maximum Gasteiger partial charge on any atom is 0.248 e. The molecule has 2 aromatic rings. The quantitative estimate of drug-likeness (QED) is 0.817. The predicted molar refractivity (Wildman–Crippen MR) is 98.5 cm³/mol. The van der Waals surface area contributed by atoms with Crippen molar-refractivity contribution < 1.29 is 17.6 Å². The fourth-order valence-corrected chi connectivity index (χ4v) is 4.34. The summed E-state index contributed by atoms with van der Waals surface area (Å²) in [5.41, 5.74) is 0.949. The number of hydrogen-bond donors (Lipinski definition) is 1. The number of nitrogens with one attached hydrogen (secondary N) is 1. The summed E-state index contributed by atoms with van der Waals surface area (Å²) in [6.07, 6.45) is 4.49. The molecule has 0 saturated carbocycles. The van der Waals surface area contributed by atoms with Crippen LogP contribution in [0, 0.1) is 5.82 Å². The van der Waals surface area contributed by atoms with Gasteiger partial charge in [-0.1, -0.05) is 18.2 Å². The molecule has 3 rings (SSSR count).